The molecule has 0 bridgehead atoms. The number of halogens is 2. The summed E-state index contributed by atoms with van der Waals surface area (Å²) in [6, 6.07) is 5.82. The molecule has 12 heavy (non-hydrogen) atoms. The number of aromatic nitrogens is 1. The molecule has 0 atom stereocenters. The summed E-state index contributed by atoms with van der Waals surface area (Å²) >= 11 is 3.43. The molecule has 0 aliphatic rings. The highest BCUT2D eigenvalue weighted by molar-refractivity contribution is 9.10. The number of aromatic amines is 1. The molecule has 1 heterocycles. The fourth-order valence-corrected chi connectivity index (χ4v) is 1.61. The molecule has 0 aliphatic carbocycles. The molecule has 0 saturated heterocycles. The van der Waals surface area contributed by atoms with Crippen molar-refractivity contribution in [2.24, 2.45) is 0 Å². The van der Waals surface area contributed by atoms with Crippen LogP contribution < -0.4 is 5.73 Å². The largest absolute Gasteiger partial charge is 0.397 e. The zero-order valence-electron chi connectivity index (χ0n) is 6.17. The fourth-order valence-electron chi connectivity index (χ4n) is 1.14. The number of benzene rings is 1. The molecule has 0 amide bonds. The number of anilines is 1. The summed E-state index contributed by atoms with van der Waals surface area (Å²) in [4.78, 5) is 3.07. The van der Waals surface area contributed by atoms with Crippen molar-refractivity contribution < 1.29 is 0 Å². The van der Waals surface area contributed by atoms with E-state index in [1.165, 1.54) is 0 Å². The molecule has 2 nitrogen and oxygen atoms in total. The normalized spacial score (nSPS) is 9.75. The van der Waals surface area contributed by atoms with E-state index in [1.807, 2.05) is 24.4 Å². The molecule has 0 unspecified atom stereocenters. The fraction of sp³-hybridized carbons (Fsp3) is 0. The van der Waals surface area contributed by atoms with E-state index < -0.39 is 0 Å². The summed E-state index contributed by atoms with van der Waals surface area (Å²) < 4.78 is 1.07. The van der Waals surface area contributed by atoms with Gasteiger partial charge in [0.15, 0.2) is 0 Å². The summed E-state index contributed by atoms with van der Waals surface area (Å²) in [6.07, 6.45) is 1.88. The van der Waals surface area contributed by atoms with E-state index in [0.29, 0.717) is 0 Å². The van der Waals surface area contributed by atoms with Gasteiger partial charge in [-0.1, -0.05) is 15.9 Å². The predicted molar refractivity (Wildman–Crippen MR) is 57.7 cm³/mol. The maximum atomic E-state index is 5.72. The van der Waals surface area contributed by atoms with Crippen LogP contribution in [0.4, 0.5) is 5.69 Å². The average molecular weight is 248 g/mol. The van der Waals surface area contributed by atoms with Crippen molar-refractivity contribution in [3.05, 3.63) is 28.9 Å². The Hall–Kier alpha value is -0.670. The molecular weight excluding hydrogens is 239 g/mol. The van der Waals surface area contributed by atoms with Crippen molar-refractivity contribution in [3.8, 4) is 0 Å². The average Bonchev–Trinajstić information content (AvgIpc) is 2.45. The van der Waals surface area contributed by atoms with Crippen molar-refractivity contribution in [1.82, 2.24) is 4.98 Å². The Labute approximate surface area is 84.7 Å². The van der Waals surface area contributed by atoms with Gasteiger partial charge in [-0.25, -0.2) is 0 Å². The van der Waals surface area contributed by atoms with Crippen LogP contribution >= 0.6 is 28.3 Å². The van der Waals surface area contributed by atoms with Gasteiger partial charge in [0.05, 0.1) is 11.2 Å². The molecule has 1 aromatic heterocycles. The molecule has 0 aliphatic heterocycles. The third-order valence-corrected chi connectivity index (χ3v) is 2.39. The number of hydrogen-bond donors (Lipinski definition) is 2. The summed E-state index contributed by atoms with van der Waals surface area (Å²) in [7, 11) is 0. The third-order valence-electron chi connectivity index (χ3n) is 1.70. The quantitative estimate of drug-likeness (QED) is 0.691. The molecule has 3 N–H and O–H groups in total. The predicted octanol–water partition coefficient (Wildman–Crippen LogP) is 2.93. The second-order valence-electron chi connectivity index (χ2n) is 2.40. The van der Waals surface area contributed by atoms with Crippen LogP contribution in [0.3, 0.4) is 0 Å². The molecule has 4 heteroatoms. The number of hydrogen-bond acceptors (Lipinski definition) is 1. The van der Waals surface area contributed by atoms with Crippen LogP contribution in [0.5, 0.6) is 0 Å². The van der Waals surface area contributed by atoms with E-state index in [4.69, 9.17) is 5.73 Å². The lowest BCUT2D eigenvalue weighted by atomic mass is 10.2. The van der Waals surface area contributed by atoms with Gasteiger partial charge >= 0.3 is 0 Å². The summed E-state index contributed by atoms with van der Waals surface area (Å²) in [5.74, 6) is 0. The van der Waals surface area contributed by atoms with Gasteiger partial charge in [-0.2, -0.15) is 0 Å². The van der Waals surface area contributed by atoms with E-state index in [0.717, 1.165) is 21.1 Å². The Kier molecular flexibility index (Phi) is 2.65. The molecular formula is C8H8BrClN2. The van der Waals surface area contributed by atoms with E-state index in [1.54, 1.807) is 0 Å². The molecule has 2 aromatic rings. The number of rotatable bonds is 0. The molecule has 0 fully saturated rings. The first-order valence-corrected chi connectivity index (χ1v) is 4.09. The molecule has 64 valence electrons. The summed E-state index contributed by atoms with van der Waals surface area (Å²) in [6.45, 7) is 0. The van der Waals surface area contributed by atoms with Gasteiger partial charge in [0, 0.05) is 16.1 Å². The Balaban J connectivity index is 0.000000720. The van der Waals surface area contributed by atoms with Crippen LogP contribution in [0.15, 0.2) is 28.9 Å². The lowest BCUT2D eigenvalue weighted by Crippen LogP contribution is -1.85. The van der Waals surface area contributed by atoms with Crippen molar-refractivity contribution in [2.75, 3.05) is 5.73 Å². The van der Waals surface area contributed by atoms with Crippen molar-refractivity contribution in [3.63, 3.8) is 0 Å². The Bertz CT molecular complexity index is 361. The Morgan fingerprint density at radius 3 is 2.67 bits per heavy atom. The maximum absolute atomic E-state index is 5.72. The van der Waals surface area contributed by atoms with Gasteiger partial charge in [0.1, 0.15) is 0 Å². The van der Waals surface area contributed by atoms with Crippen LogP contribution in [0.2, 0.25) is 0 Å². The SMILES string of the molecule is Cl.Nc1ccc(Br)c2cc[nH]c12. The van der Waals surface area contributed by atoms with Gasteiger partial charge in [0.25, 0.3) is 0 Å². The van der Waals surface area contributed by atoms with Crippen molar-refractivity contribution in [2.45, 2.75) is 0 Å². The number of nitrogens with two attached hydrogens (primary N) is 1. The zero-order valence-corrected chi connectivity index (χ0v) is 8.58. The number of nitrogen functional groups attached to an aromatic ring is 1. The van der Waals surface area contributed by atoms with Gasteiger partial charge < -0.3 is 10.7 Å². The summed E-state index contributed by atoms with van der Waals surface area (Å²) in [5, 5.41) is 1.13. The smallest absolute Gasteiger partial charge is 0.0698 e. The maximum Gasteiger partial charge on any atom is 0.0698 e. The minimum atomic E-state index is 0. The number of nitrogens with one attached hydrogen (secondary N) is 1. The first-order valence-electron chi connectivity index (χ1n) is 3.30. The number of fused-ring (bicyclic) bond motifs is 1. The lowest BCUT2D eigenvalue weighted by molar-refractivity contribution is 1.48. The van der Waals surface area contributed by atoms with Crippen molar-refractivity contribution in [1.29, 1.82) is 0 Å². The van der Waals surface area contributed by atoms with Gasteiger partial charge in [-0.15, -0.1) is 12.4 Å². The highest BCUT2D eigenvalue weighted by atomic mass is 79.9. The second-order valence-corrected chi connectivity index (χ2v) is 3.26. The van der Waals surface area contributed by atoms with E-state index >= 15 is 0 Å². The molecule has 0 saturated carbocycles. The lowest BCUT2D eigenvalue weighted by Gasteiger charge is -1.96. The molecule has 2 rings (SSSR count). The molecule has 0 spiro atoms. The first-order chi connectivity index (χ1) is 5.29. The Morgan fingerprint density at radius 1 is 1.25 bits per heavy atom. The summed E-state index contributed by atoms with van der Waals surface area (Å²) in [5.41, 5.74) is 7.50. The van der Waals surface area contributed by atoms with Gasteiger partial charge in [-0.05, 0) is 18.2 Å². The number of H-pyrrole nitrogens is 1. The van der Waals surface area contributed by atoms with E-state index in [2.05, 4.69) is 20.9 Å². The second kappa shape index (κ2) is 3.37. The highest BCUT2D eigenvalue weighted by Crippen LogP contribution is 2.26. The standard InChI is InChI=1S/C8H7BrN2.ClH/c9-6-1-2-7(10)8-5(6)3-4-11-8;/h1-4,11H,10H2;1H. The minimum absolute atomic E-state index is 0. The molecule has 1 aromatic carbocycles. The van der Waals surface area contributed by atoms with Crippen LogP contribution in [0.1, 0.15) is 0 Å². The monoisotopic (exact) mass is 246 g/mol. The van der Waals surface area contributed by atoms with Crippen molar-refractivity contribution >= 4 is 44.9 Å². The van der Waals surface area contributed by atoms with Gasteiger partial charge in [-0.3, -0.25) is 0 Å². The highest BCUT2D eigenvalue weighted by Gasteiger charge is 2.00. The van der Waals surface area contributed by atoms with Crippen LogP contribution in [-0.4, -0.2) is 4.98 Å². The minimum Gasteiger partial charge on any atom is -0.397 e. The van der Waals surface area contributed by atoms with E-state index in [-0.39, 0.29) is 12.4 Å². The Morgan fingerprint density at radius 2 is 2.00 bits per heavy atom. The zero-order chi connectivity index (χ0) is 7.84. The van der Waals surface area contributed by atoms with Crippen LogP contribution in [0, 0.1) is 0 Å². The topological polar surface area (TPSA) is 41.8 Å². The van der Waals surface area contributed by atoms with Gasteiger partial charge in [0.2, 0.25) is 0 Å². The van der Waals surface area contributed by atoms with E-state index in [9.17, 15) is 0 Å². The molecule has 0 radical (unpaired) electrons. The first kappa shape index (κ1) is 9.42. The van der Waals surface area contributed by atoms with Crippen LogP contribution in [0.25, 0.3) is 10.9 Å². The third kappa shape index (κ3) is 1.30. The van der Waals surface area contributed by atoms with Crippen LogP contribution in [-0.2, 0) is 0 Å².